The molecule has 4 nitrogen and oxygen atoms in total. The van der Waals surface area contributed by atoms with Crippen LogP contribution in [0.15, 0.2) is 73.1 Å². The van der Waals surface area contributed by atoms with Crippen molar-refractivity contribution >= 4 is 12.0 Å². The maximum absolute atomic E-state index is 13.1. The molecule has 1 amide bonds. The standard InChI is InChI=1S/C23H20F2N2O2/c24-20-12-18(13-21(25)14-20)9-11-27-23(28)8-5-17-3-6-22(7-4-17)29-16-19-2-1-10-26-15-19/h1-8,10,12-15H,9,11,16H2,(H,27,28). The van der Waals surface area contributed by atoms with E-state index in [1.165, 1.54) is 18.2 Å². The predicted molar refractivity (Wildman–Crippen MR) is 107 cm³/mol. The summed E-state index contributed by atoms with van der Waals surface area (Å²) >= 11 is 0. The van der Waals surface area contributed by atoms with Gasteiger partial charge in [-0.15, -0.1) is 0 Å². The first-order valence-electron chi connectivity index (χ1n) is 9.11. The van der Waals surface area contributed by atoms with Crippen molar-refractivity contribution in [3.8, 4) is 5.75 Å². The Kier molecular flexibility index (Phi) is 7.05. The van der Waals surface area contributed by atoms with Crippen LogP contribution in [0.5, 0.6) is 5.75 Å². The van der Waals surface area contributed by atoms with Crippen molar-refractivity contribution in [2.75, 3.05) is 6.54 Å². The number of nitrogens with one attached hydrogen (secondary N) is 1. The molecule has 0 saturated carbocycles. The third-order valence-electron chi connectivity index (χ3n) is 4.07. The third-order valence-corrected chi connectivity index (χ3v) is 4.07. The van der Waals surface area contributed by atoms with Crippen LogP contribution in [0.25, 0.3) is 6.08 Å². The molecule has 0 aliphatic heterocycles. The molecule has 0 atom stereocenters. The Hall–Kier alpha value is -3.54. The van der Waals surface area contributed by atoms with Crippen LogP contribution >= 0.6 is 0 Å². The van der Waals surface area contributed by atoms with Gasteiger partial charge in [0.2, 0.25) is 5.91 Å². The summed E-state index contributed by atoms with van der Waals surface area (Å²) in [5, 5.41) is 2.69. The lowest BCUT2D eigenvalue weighted by Gasteiger charge is -2.06. The van der Waals surface area contributed by atoms with Gasteiger partial charge < -0.3 is 10.1 Å². The van der Waals surface area contributed by atoms with Crippen LogP contribution < -0.4 is 10.1 Å². The van der Waals surface area contributed by atoms with Crippen LogP contribution in [0.3, 0.4) is 0 Å². The Bertz CT molecular complexity index is 954. The first-order chi connectivity index (χ1) is 14.1. The average molecular weight is 394 g/mol. The zero-order chi connectivity index (χ0) is 20.5. The highest BCUT2D eigenvalue weighted by Gasteiger charge is 2.02. The van der Waals surface area contributed by atoms with Gasteiger partial charge >= 0.3 is 0 Å². The molecule has 1 aromatic heterocycles. The number of amides is 1. The summed E-state index contributed by atoms with van der Waals surface area (Å²) < 4.78 is 32.0. The zero-order valence-corrected chi connectivity index (χ0v) is 15.6. The van der Waals surface area contributed by atoms with Gasteiger partial charge in [0.05, 0.1) is 0 Å². The molecule has 3 aromatic rings. The minimum atomic E-state index is -0.626. The lowest BCUT2D eigenvalue weighted by Crippen LogP contribution is -2.23. The highest BCUT2D eigenvalue weighted by molar-refractivity contribution is 5.91. The van der Waals surface area contributed by atoms with Crippen molar-refractivity contribution in [2.45, 2.75) is 13.0 Å². The first kappa shape index (κ1) is 20.2. The van der Waals surface area contributed by atoms with Crippen LogP contribution in [0.1, 0.15) is 16.7 Å². The minimum absolute atomic E-state index is 0.279. The van der Waals surface area contributed by atoms with Crippen molar-refractivity contribution in [2.24, 2.45) is 0 Å². The summed E-state index contributed by atoms with van der Waals surface area (Å²) in [5.74, 6) is -0.810. The van der Waals surface area contributed by atoms with Crippen LogP contribution in [-0.4, -0.2) is 17.4 Å². The molecular weight excluding hydrogens is 374 g/mol. The second-order valence-electron chi connectivity index (χ2n) is 6.37. The van der Waals surface area contributed by atoms with E-state index in [1.54, 1.807) is 18.5 Å². The van der Waals surface area contributed by atoms with Gasteiger partial charge in [-0.25, -0.2) is 8.78 Å². The smallest absolute Gasteiger partial charge is 0.244 e. The van der Waals surface area contributed by atoms with E-state index in [0.29, 0.717) is 18.6 Å². The van der Waals surface area contributed by atoms with Crippen LogP contribution in [0.4, 0.5) is 8.78 Å². The fourth-order valence-electron chi connectivity index (χ4n) is 2.64. The number of halogens is 2. The maximum Gasteiger partial charge on any atom is 0.244 e. The first-order valence-corrected chi connectivity index (χ1v) is 9.11. The van der Waals surface area contributed by atoms with Gasteiger partial charge in [0.1, 0.15) is 24.0 Å². The molecular formula is C23H20F2N2O2. The summed E-state index contributed by atoms with van der Waals surface area (Å²) in [5.41, 5.74) is 2.32. The number of hydrogen-bond donors (Lipinski definition) is 1. The molecule has 0 bridgehead atoms. The van der Waals surface area contributed by atoms with Gasteiger partial charge in [0, 0.05) is 36.6 Å². The number of carbonyl (C=O) groups excluding carboxylic acids is 1. The number of hydrogen-bond acceptors (Lipinski definition) is 3. The molecule has 2 aromatic carbocycles. The van der Waals surface area contributed by atoms with Crippen LogP contribution in [0.2, 0.25) is 0 Å². The van der Waals surface area contributed by atoms with Crippen LogP contribution in [0, 0.1) is 11.6 Å². The lowest BCUT2D eigenvalue weighted by molar-refractivity contribution is -0.116. The molecule has 0 radical (unpaired) electrons. The van der Waals surface area contributed by atoms with Crippen molar-refractivity contribution in [1.29, 1.82) is 0 Å². The van der Waals surface area contributed by atoms with E-state index in [1.807, 2.05) is 36.4 Å². The fourth-order valence-corrected chi connectivity index (χ4v) is 2.64. The number of benzene rings is 2. The molecule has 0 saturated heterocycles. The number of nitrogens with zero attached hydrogens (tertiary/aromatic N) is 1. The highest BCUT2D eigenvalue weighted by Crippen LogP contribution is 2.15. The Labute approximate surface area is 167 Å². The Morgan fingerprint density at radius 3 is 2.48 bits per heavy atom. The van der Waals surface area contributed by atoms with Gasteiger partial charge in [-0.05, 0) is 54.0 Å². The molecule has 6 heteroatoms. The summed E-state index contributed by atoms with van der Waals surface area (Å²) in [4.78, 5) is 15.9. The van der Waals surface area contributed by atoms with Gasteiger partial charge in [-0.1, -0.05) is 18.2 Å². The molecule has 148 valence electrons. The van der Waals surface area contributed by atoms with Gasteiger partial charge in [-0.2, -0.15) is 0 Å². The van der Waals surface area contributed by atoms with Gasteiger partial charge in [-0.3, -0.25) is 9.78 Å². The van der Waals surface area contributed by atoms with E-state index in [2.05, 4.69) is 10.3 Å². The average Bonchev–Trinajstić information content (AvgIpc) is 2.71. The fraction of sp³-hybridized carbons (Fsp3) is 0.130. The maximum atomic E-state index is 13.1. The summed E-state index contributed by atoms with van der Waals surface area (Å²) in [6.07, 6.45) is 6.90. The van der Waals surface area contributed by atoms with Gasteiger partial charge in [0.15, 0.2) is 0 Å². The summed E-state index contributed by atoms with van der Waals surface area (Å²) in [6.45, 7) is 0.716. The topological polar surface area (TPSA) is 51.2 Å². The molecule has 0 aliphatic carbocycles. The van der Waals surface area contributed by atoms with Gasteiger partial charge in [0.25, 0.3) is 0 Å². The Balaban J connectivity index is 1.43. The molecule has 0 aliphatic rings. The van der Waals surface area contributed by atoms with E-state index in [0.717, 1.165) is 22.9 Å². The van der Waals surface area contributed by atoms with Crippen molar-refractivity contribution < 1.29 is 18.3 Å². The molecule has 0 fully saturated rings. The number of ether oxygens (including phenoxy) is 1. The quantitative estimate of drug-likeness (QED) is 0.579. The highest BCUT2D eigenvalue weighted by atomic mass is 19.1. The van der Waals surface area contributed by atoms with Crippen molar-refractivity contribution in [3.05, 3.63) is 101 Å². The van der Waals surface area contributed by atoms with E-state index in [9.17, 15) is 13.6 Å². The zero-order valence-electron chi connectivity index (χ0n) is 15.6. The number of carbonyl (C=O) groups is 1. The minimum Gasteiger partial charge on any atom is -0.489 e. The Morgan fingerprint density at radius 1 is 1.03 bits per heavy atom. The second-order valence-corrected chi connectivity index (χ2v) is 6.37. The molecule has 1 N–H and O–H groups in total. The lowest BCUT2D eigenvalue weighted by atomic mass is 10.1. The third kappa shape index (κ3) is 6.84. The second kappa shape index (κ2) is 10.1. The SMILES string of the molecule is O=C(C=Cc1ccc(OCc2cccnc2)cc1)NCCc1cc(F)cc(F)c1. The van der Waals surface area contributed by atoms with E-state index < -0.39 is 11.6 Å². The molecule has 1 heterocycles. The molecule has 0 unspecified atom stereocenters. The summed E-state index contributed by atoms with van der Waals surface area (Å²) in [6, 6.07) is 14.5. The molecule has 3 rings (SSSR count). The van der Waals surface area contributed by atoms with Crippen molar-refractivity contribution in [1.82, 2.24) is 10.3 Å². The van der Waals surface area contributed by atoms with Crippen molar-refractivity contribution in [3.63, 3.8) is 0 Å². The molecule has 0 spiro atoms. The Morgan fingerprint density at radius 2 is 1.79 bits per heavy atom. The van der Waals surface area contributed by atoms with E-state index >= 15 is 0 Å². The number of pyridine rings is 1. The number of aromatic nitrogens is 1. The summed E-state index contributed by atoms with van der Waals surface area (Å²) in [7, 11) is 0. The van der Waals surface area contributed by atoms with E-state index in [-0.39, 0.29) is 12.5 Å². The van der Waals surface area contributed by atoms with Crippen LogP contribution in [-0.2, 0) is 17.8 Å². The predicted octanol–water partition coefficient (Wildman–Crippen LogP) is 4.31. The largest absolute Gasteiger partial charge is 0.489 e. The van der Waals surface area contributed by atoms with E-state index in [4.69, 9.17) is 4.74 Å². The molecule has 29 heavy (non-hydrogen) atoms. The monoisotopic (exact) mass is 394 g/mol. The number of rotatable bonds is 8. The normalized spacial score (nSPS) is 10.8.